The summed E-state index contributed by atoms with van der Waals surface area (Å²) in [5.41, 5.74) is -0.239. The van der Waals surface area contributed by atoms with Gasteiger partial charge in [-0.25, -0.2) is 4.68 Å². The van der Waals surface area contributed by atoms with Crippen LogP contribution >= 0.6 is 0 Å². The molecule has 1 atom stereocenters. The summed E-state index contributed by atoms with van der Waals surface area (Å²) in [6.45, 7) is 3.57. The van der Waals surface area contributed by atoms with E-state index in [9.17, 15) is 14.4 Å². The molecule has 19 heavy (non-hydrogen) atoms. The smallest absolute Gasteiger partial charge is 0.308 e. The van der Waals surface area contributed by atoms with Crippen LogP contribution in [-0.2, 0) is 11.8 Å². The highest BCUT2D eigenvalue weighted by Crippen LogP contribution is 2.09. The molecule has 1 heterocycles. The van der Waals surface area contributed by atoms with Crippen LogP contribution in [0.15, 0.2) is 16.9 Å². The van der Waals surface area contributed by atoms with E-state index in [1.165, 1.54) is 19.2 Å². The number of carbonyl (C=O) groups excluding carboxylic acids is 1. The molecule has 1 aromatic rings. The number of hydrogen-bond donors (Lipinski definition) is 2. The number of amides is 1. The molecule has 104 valence electrons. The van der Waals surface area contributed by atoms with E-state index in [2.05, 4.69) is 10.4 Å². The minimum Gasteiger partial charge on any atom is -0.481 e. The van der Waals surface area contributed by atoms with Gasteiger partial charge in [0.05, 0.1) is 5.92 Å². The summed E-state index contributed by atoms with van der Waals surface area (Å²) in [4.78, 5) is 33.9. The van der Waals surface area contributed by atoms with E-state index in [-0.39, 0.29) is 23.7 Å². The molecule has 0 bridgehead atoms. The second-order valence-electron chi connectivity index (χ2n) is 4.58. The zero-order valence-electron chi connectivity index (χ0n) is 11.1. The molecule has 0 aromatic carbocycles. The normalized spacial score (nSPS) is 12.2. The van der Waals surface area contributed by atoms with Crippen molar-refractivity contribution >= 4 is 11.9 Å². The molecule has 0 aliphatic rings. The number of aromatic nitrogens is 2. The predicted octanol–water partition coefficient (Wildman–Crippen LogP) is -0.133. The van der Waals surface area contributed by atoms with E-state index in [0.717, 1.165) is 4.68 Å². The van der Waals surface area contributed by atoms with Crippen molar-refractivity contribution in [1.29, 1.82) is 0 Å². The van der Waals surface area contributed by atoms with Gasteiger partial charge in [0.2, 0.25) is 0 Å². The number of nitrogens with zero attached hydrogens (tertiary/aromatic N) is 2. The highest BCUT2D eigenvalue weighted by atomic mass is 16.4. The number of hydrogen-bond acceptors (Lipinski definition) is 4. The van der Waals surface area contributed by atoms with Gasteiger partial charge >= 0.3 is 5.97 Å². The van der Waals surface area contributed by atoms with Crippen LogP contribution in [0.3, 0.4) is 0 Å². The molecular weight excluding hydrogens is 250 g/mol. The lowest BCUT2D eigenvalue weighted by atomic mass is 9.96. The van der Waals surface area contributed by atoms with Crippen molar-refractivity contribution in [3.8, 4) is 0 Å². The fraction of sp³-hybridized carbons (Fsp3) is 0.500. The van der Waals surface area contributed by atoms with Crippen LogP contribution in [-0.4, -0.2) is 33.3 Å². The van der Waals surface area contributed by atoms with Crippen molar-refractivity contribution in [1.82, 2.24) is 15.1 Å². The Bertz CT molecular complexity index is 536. The SMILES string of the molecule is CC(C)C(CNC(=O)c1ccc(=O)n(C)n1)C(=O)O. The number of carboxylic acids is 1. The van der Waals surface area contributed by atoms with Crippen LogP contribution in [0.2, 0.25) is 0 Å². The Balaban J connectivity index is 2.72. The summed E-state index contributed by atoms with van der Waals surface area (Å²) in [5, 5.41) is 15.3. The fourth-order valence-corrected chi connectivity index (χ4v) is 1.52. The number of aliphatic carboxylic acids is 1. The Kier molecular flexibility index (Phi) is 4.80. The van der Waals surface area contributed by atoms with Gasteiger partial charge in [-0.3, -0.25) is 14.4 Å². The Morgan fingerprint density at radius 2 is 2.05 bits per heavy atom. The van der Waals surface area contributed by atoms with Crippen LogP contribution < -0.4 is 10.9 Å². The maximum atomic E-state index is 11.8. The van der Waals surface area contributed by atoms with Crippen LogP contribution in [0.1, 0.15) is 24.3 Å². The molecule has 7 nitrogen and oxygen atoms in total. The Morgan fingerprint density at radius 3 is 2.53 bits per heavy atom. The molecular formula is C12H17N3O4. The zero-order valence-corrected chi connectivity index (χ0v) is 11.1. The maximum Gasteiger partial charge on any atom is 0.308 e. The summed E-state index contributed by atoms with van der Waals surface area (Å²) in [6, 6.07) is 2.54. The van der Waals surface area contributed by atoms with Gasteiger partial charge in [0.15, 0.2) is 0 Å². The van der Waals surface area contributed by atoms with Crippen molar-refractivity contribution in [2.45, 2.75) is 13.8 Å². The van der Waals surface area contributed by atoms with Crippen molar-refractivity contribution in [2.24, 2.45) is 18.9 Å². The first-order chi connectivity index (χ1) is 8.82. The number of carboxylic acid groups (broad SMARTS) is 1. The number of carbonyl (C=O) groups is 2. The van der Waals surface area contributed by atoms with Crippen molar-refractivity contribution in [2.75, 3.05) is 6.54 Å². The summed E-state index contributed by atoms with van der Waals surface area (Å²) in [7, 11) is 1.44. The van der Waals surface area contributed by atoms with E-state index in [0.29, 0.717) is 0 Å². The number of nitrogens with one attached hydrogen (secondary N) is 1. The van der Waals surface area contributed by atoms with E-state index in [4.69, 9.17) is 5.11 Å². The first-order valence-electron chi connectivity index (χ1n) is 5.88. The lowest BCUT2D eigenvalue weighted by Crippen LogP contribution is -2.36. The van der Waals surface area contributed by atoms with E-state index in [1.54, 1.807) is 13.8 Å². The molecule has 7 heteroatoms. The standard InChI is InChI=1S/C12H17N3O4/c1-7(2)8(12(18)19)6-13-11(17)9-4-5-10(16)15(3)14-9/h4-5,7-8H,6H2,1-3H3,(H,13,17)(H,18,19). The molecule has 1 rings (SSSR count). The van der Waals surface area contributed by atoms with Crippen LogP contribution in [0, 0.1) is 11.8 Å². The molecule has 0 saturated heterocycles. The average molecular weight is 267 g/mol. The lowest BCUT2D eigenvalue weighted by Gasteiger charge is -2.16. The zero-order chi connectivity index (χ0) is 14.6. The molecule has 0 fully saturated rings. The number of rotatable bonds is 5. The van der Waals surface area contributed by atoms with Gasteiger partial charge in [0, 0.05) is 19.7 Å². The van der Waals surface area contributed by atoms with Gasteiger partial charge in [-0.05, 0) is 12.0 Å². The van der Waals surface area contributed by atoms with Gasteiger partial charge in [-0.2, -0.15) is 5.10 Å². The molecule has 0 aliphatic heterocycles. The third-order valence-corrected chi connectivity index (χ3v) is 2.80. The van der Waals surface area contributed by atoms with Gasteiger partial charge < -0.3 is 10.4 Å². The highest BCUT2D eigenvalue weighted by molar-refractivity contribution is 5.92. The van der Waals surface area contributed by atoms with Crippen molar-refractivity contribution in [3.05, 3.63) is 28.2 Å². The van der Waals surface area contributed by atoms with Crippen molar-refractivity contribution < 1.29 is 14.7 Å². The summed E-state index contributed by atoms with van der Waals surface area (Å²) < 4.78 is 1.05. The average Bonchev–Trinajstić information content (AvgIpc) is 2.31. The van der Waals surface area contributed by atoms with Crippen LogP contribution in [0.25, 0.3) is 0 Å². The second kappa shape index (κ2) is 6.12. The highest BCUT2D eigenvalue weighted by Gasteiger charge is 2.22. The first-order valence-corrected chi connectivity index (χ1v) is 5.88. The van der Waals surface area contributed by atoms with E-state index < -0.39 is 17.8 Å². The maximum absolute atomic E-state index is 11.8. The van der Waals surface area contributed by atoms with E-state index in [1.807, 2.05) is 0 Å². The minimum atomic E-state index is -0.955. The summed E-state index contributed by atoms with van der Waals surface area (Å²) in [5.74, 6) is -2.20. The van der Waals surface area contributed by atoms with Gasteiger partial charge in [0.1, 0.15) is 5.69 Å². The van der Waals surface area contributed by atoms with Gasteiger partial charge in [0.25, 0.3) is 11.5 Å². The summed E-state index contributed by atoms with van der Waals surface area (Å²) in [6.07, 6.45) is 0. The molecule has 0 saturated carbocycles. The van der Waals surface area contributed by atoms with Crippen molar-refractivity contribution in [3.63, 3.8) is 0 Å². The first kappa shape index (κ1) is 14.9. The third-order valence-electron chi connectivity index (χ3n) is 2.80. The fourth-order valence-electron chi connectivity index (χ4n) is 1.52. The Labute approximate surface area is 110 Å². The molecule has 1 amide bonds. The third kappa shape index (κ3) is 3.90. The Hall–Kier alpha value is -2.18. The second-order valence-corrected chi connectivity index (χ2v) is 4.58. The molecule has 0 aliphatic carbocycles. The molecule has 1 aromatic heterocycles. The minimum absolute atomic E-state index is 0.0242. The topological polar surface area (TPSA) is 101 Å². The predicted molar refractivity (Wildman–Crippen MR) is 67.8 cm³/mol. The number of aryl methyl sites for hydroxylation is 1. The summed E-state index contributed by atoms with van der Waals surface area (Å²) >= 11 is 0. The lowest BCUT2D eigenvalue weighted by molar-refractivity contribution is -0.142. The van der Waals surface area contributed by atoms with Gasteiger partial charge in [-0.1, -0.05) is 13.8 Å². The Morgan fingerprint density at radius 1 is 1.42 bits per heavy atom. The molecule has 0 radical (unpaired) electrons. The van der Waals surface area contributed by atoms with Gasteiger partial charge in [-0.15, -0.1) is 0 Å². The van der Waals surface area contributed by atoms with Crippen LogP contribution in [0.5, 0.6) is 0 Å². The monoisotopic (exact) mass is 267 g/mol. The van der Waals surface area contributed by atoms with E-state index >= 15 is 0 Å². The quantitative estimate of drug-likeness (QED) is 0.773. The molecule has 0 spiro atoms. The largest absolute Gasteiger partial charge is 0.481 e. The molecule has 1 unspecified atom stereocenters. The molecule has 2 N–H and O–H groups in total. The van der Waals surface area contributed by atoms with Crippen LogP contribution in [0.4, 0.5) is 0 Å².